The summed E-state index contributed by atoms with van der Waals surface area (Å²) in [5, 5.41) is 26.7. The lowest BCUT2D eigenvalue weighted by Crippen LogP contribution is -2.65. The van der Waals surface area contributed by atoms with Crippen LogP contribution >= 0.6 is 0 Å². The van der Waals surface area contributed by atoms with E-state index >= 15 is 0 Å². The van der Waals surface area contributed by atoms with Gasteiger partial charge in [-0.1, -0.05) is 103 Å². The fraction of sp³-hybridized carbons (Fsp3) is 0.154. The van der Waals surface area contributed by atoms with Crippen LogP contribution in [-0.2, 0) is 14.9 Å². The quantitative estimate of drug-likeness (QED) is 0.204. The second kappa shape index (κ2) is 9.88. The SMILES string of the molecule is O=C1OC2(CCCCC2(c2ccc(O)c(-c3cccc4ccccc34)c2)c2ccc(O)c(-c3cccc4ccccc34)c2)O1. The zero-order valence-corrected chi connectivity index (χ0v) is 24.0. The van der Waals surface area contributed by atoms with Gasteiger partial charge in [0.2, 0.25) is 0 Å². The highest BCUT2D eigenvalue weighted by atomic mass is 16.9. The summed E-state index contributed by atoms with van der Waals surface area (Å²) >= 11 is 0. The highest BCUT2D eigenvalue weighted by Crippen LogP contribution is 2.58. The van der Waals surface area contributed by atoms with Crippen LogP contribution in [0.4, 0.5) is 4.79 Å². The first-order valence-corrected chi connectivity index (χ1v) is 15.0. The molecule has 6 aromatic rings. The van der Waals surface area contributed by atoms with Gasteiger partial charge in [-0.15, -0.1) is 0 Å². The molecule has 0 radical (unpaired) electrons. The predicted octanol–water partition coefficient (Wildman–Crippen LogP) is 9.46. The van der Waals surface area contributed by atoms with Crippen LogP contribution in [0.15, 0.2) is 121 Å². The van der Waals surface area contributed by atoms with E-state index in [-0.39, 0.29) is 11.5 Å². The maximum absolute atomic E-state index is 12.4. The number of hydrogen-bond acceptors (Lipinski definition) is 5. The molecule has 44 heavy (non-hydrogen) atoms. The van der Waals surface area contributed by atoms with Crippen molar-refractivity contribution in [3.8, 4) is 33.8 Å². The normalized spacial score (nSPS) is 16.8. The first kappa shape index (κ1) is 26.3. The number of aromatic hydroxyl groups is 2. The van der Waals surface area contributed by atoms with Gasteiger partial charge in [0, 0.05) is 17.5 Å². The molecule has 0 atom stereocenters. The van der Waals surface area contributed by atoms with Gasteiger partial charge < -0.3 is 19.7 Å². The van der Waals surface area contributed by atoms with E-state index in [0.29, 0.717) is 24.0 Å². The number of carbonyl (C=O) groups excluding carboxylic acids is 1. The summed E-state index contributed by atoms with van der Waals surface area (Å²) in [6.45, 7) is 0. The number of ether oxygens (including phenoxy) is 2. The van der Waals surface area contributed by atoms with Gasteiger partial charge in [-0.2, -0.15) is 0 Å². The van der Waals surface area contributed by atoms with Gasteiger partial charge in [0.25, 0.3) is 5.79 Å². The largest absolute Gasteiger partial charge is 0.515 e. The number of phenolic OH excluding ortho intramolecular Hbond substituents is 2. The molecule has 1 aliphatic heterocycles. The van der Waals surface area contributed by atoms with Crippen LogP contribution in [0.2, 0.25) is 0 Å². The molecule has 1 saturated heterocycles. The van der Waals surface area contributed by atoms with E-state index in [2.05, 4.69) is 36.4 Å². The number of phenols is 2. The van der Waals surface area contributed by atoms with Crippen LogP contribution in [0, 0.1) is 0 Å². The van der Waals surface area contributed by atoms with Crippen molar-refractivity contribution >= 4 is 27.7 Å². The smallest absolute Gasteiger partial charge is 0.507 e. The summed E-state index contributed by atoms with van der Waals surface area (Å²) in [6.07, 6.45) is 2.24. The Labute approximate surface area is 254 Å². The summed E-state index contributed by atoms with van der Waals surface area (Å²) in [5.74, 6) is -0.875. The highest BCUT2D eigenvalue weighted by molar-refractivity contribution is 5.99. The van der Waals surface area contributed by atoms with E-state index < -0.39 is 17.4 Å². The number of fused-ring (bicyclic) bond motifs is 2. The van der Waals surface area contributed by atoms with Crippen LogP contribution in [0.5, 0.6) is 11.5 Å². The minimum absolute atomic E-state index is 0.166. The molecular formula is C39H30O5. The van der Waals surface area contributed by atoms with E-state index in [9.17, 15) is 15.0 Å². The van der Waals surface area contributed by atoms with Crippen molar-refractivity contribution < 1.29 is 24.5 Å². The van der Waals surface area contributed by atoms with Gasteiger partial charge in [-0.3, -0.25) is 0 Å². The molecule has 2 fully saturated rings. The van der Waals surface area contributed by atoms with Crippen molar-refractivity contribution in [2.75, 3.05) is 0 Å². The van der Waals surface area contributed by atoms with Gasteiger partial charge in [-0.05, 0) is 80.9 Å². The van der Waals surface area contributed by atoms with Crippen LogP contribution in [-0.4, -0.2) is 22.2 Å². The minimum Gasteiger partial charge on any atom is -0.507 e. The van der Waals surface area contributed by atoms with Gasteiger partial charge in [0.1, 0.15) is 11.5 Å². The molecule has 2 N–H and O–H groups in total. The molecule has 216 valence electrons. The lowest BCUT2D eigenvalue weighted by molar-refractivity contribution is -0.312. The van der Waals surface area contributed by atoms with Crippen molar-refractivity contribution in [1.29, 1.82) is 0 Å². The topological polar surface area (TPSA) is 76.0 Å². The third-order valence-electron chi connectivity index (χ3n) is 9.59. The molecule has 1 saturated carbocycles. The van der Waals surface area contributed by atoms with Crippen LogP contribution in [0.25, 0.3) is 43.8 Å². The molecule has 6 aromatic carbocycles. The maximum atomic E-state index is 12.4. The third-order valence-corrected chi connectivity index (χ3v) is 9.59. The van der Waals surface area contributed by atoms with E-state index in [1.165, 1.54) is 0 Å². The molecule has 1 aliphatic carbocycles. The molecule has 0 unspecified atom stereocenters. The Bertz CT molecular complexity index is 1950. The van der Waals surface area contributed by atoms with Crippen LogP contribution in [0.1, 0.15) is 36.8 Å². The summed E-state index contributed by atoms with van der Waals surface area (Å²) in [5.41, 5.74) is 4.07. The maximum Gasteiger partial charge on any atom is 0.515 e. The van der Waals surface area contributed by atoms with Crippen LogP contribution < -0.4 is 0 Å². The molecule has 1 heterocycles. The number of benzene rings is 6. The molecule has 0 aromatic heterocycles. The molecule has 8 rings (SSSR count). The Hall–Kier alpha value is -5.29. The van der Waals surface area contributed by atoms with Crippen molar-refractivity contribution in [1.82, 2.24) is 0 Å². The second-order valence-electron chi connectivity index (χ2n) is 11.8. The van der Waals surface area contributed by atoms with E-state index in [4.69, 9.17) is 9.47 Å². The summed E-state index contributed by atoms with van der Waals surface area (Å²) in [7, 11) is 0. The lowest BCUT2D eigenvalue weighted by Gasteiger charge is -2.55. The molecule has 5 nitrogen and oxygen atoms in total. The summed E-state index contributed by atoms with van der Waals surface area (Å²) in [4.78, 5) is 12.4. The van der Waals surface area contributed by atoms with E-state index in [0.717, 1.165) is 56.6 Å². The first-order chi connectivity index (χ1) is 21.5. The third kappa shape index (κ3) is 3.82. The summed E-state index contributed by atoms with van der Waals surface area (Å²) in [6, 6.07) is 39.7. The Morgan fingerprint density at radius 1 is 0.523 bits per heavy atom. The molecule has 1 spiro atoms. The standard InChI is InChI=1S/C39H30O5/c40-35-19-17-27(23-33(35)31-15-7-11-25-9-1-3-13-29(25)31)38(21-5-6-22-39(38)43-37(42)44-39)28-18-20-36(41)34(24-28)32-16-8-12-26-10-2-4-14-30(26)32/h1-4,7-20,23-24,40-41H,5-6,21-22H2. The second-order valence-corrected chi connectivity index (χ2v) is 11.8. The minimum atomic E-state index is -1.21. The number of rotatable bonds is 4. The van der Waals surface area contributed by atoms with Gasteiger partial charge in [-0.25, -0.2) is 4.79 Å². The summed E-state index contributed by atoms with van der Waals surface area (Å²) < 4.78 is 12.0. The average molecular weight is 579 g/mol. The van der Waals surface area contributed by atoms with Crippen molar-refractivity contribution in [2.45, 2.75) is 36.9 Å². The van der Waals surface area contributed by atoms with Crippen molar-refractivity contribution in [2.24, 2.45) is 0 Å². The van der Waals surface area contributed by atoms with E-state index in [1.807, 2.05) is 72.8 Å². The highest BCUT2D eigenvalue weighted by Gasteiger charge is 2.66. The fourth-order valence-corrected chi connectivity index (χ4v) is 7.56. The van der Waals surface area contributed by atoms with Crippen molar-refractivity contribution in [3.05, 3.63) is 132 Å². The molecule has 5 heteroatoms. The average Bonchev–Trinajstić information content (AvgIpc) is 3.04. The zero-order chi connectivity index (χ0) is 29.9. The van der Waals surface area contributed by atoms with Gasteiger partial charge >= 0.3 is 6.16 Å². The monoisotopic (exact) mass is 578 g/mol. The molecular weight excluding hydrogens is 548 g/mol. The Morgan fingerprint density at radius 2 is 1.00 bits per heavy atom. The first-order valence-electron chi connectivity index (χ1n) is 15.0. The van der Waals surface area contributed by atoms with Crippen molar-refractivity contribution in [3.63, 3.8) is 0 Å². The number of carbonyl (C=O) groups is 1. The number of hydrogen-bond donors (Lipinski definition) is 2. The Kier molecular flexibility index (Phi) is 5.92. The van der Waals surface area contributed by atoms with Gasteiger partial charge in [0.05, 0.1) is 5.41 Å². The van der Waals surface area contributed by atoms with Gasteiger partial charge in [0.15, 0.2) is 0 Å². The Morgan fingerprint density at radius 3 is 1.52 bits per heavy atom. The lowest BCUT2D eigenvalue weighted by atomic mass is 9.60. The zero-order valence-electron chi connectivity index (χ0n) is 24.0. The molecule has 0 amide bonds. The molecule has 0 bridgehead atoms. The fourth-order valence-electron chi connectivity index (χ4n) is 7.56. The van der Waals surface area contributed by atoms with E-state index in [1.54, 1.807) is 12.1 Å². The molecule has 2 aliphatic rings. The van der Waals surface area contributed by atoms with Crippen LogP contribution in [0.3, 0.4) is 0 Å². The predicted molar refractivity (Wildman–Crippen MR) is 172 cm³/mol. The Balaban J connectivity index is 1.38.